The van der Waals surface area contributed by atoms with Crippen LogP contribution in [0.1, 0.15) is 23.6 Å². The quantitative estimate of drug-likeness (QED) is 0.903. The largest absolute Gasteiger partial charge is 0.486 e. The van der Waals surface area contributed by atoms with Gasteiger partial charge in [-0.25, -0.2) is 4.39 Å². The molecule has 3 heteroatoms. The first-order valence-corrected chi connectivity index (χ1v) is 6.77. The summed E-state index contributed by atoms with van der Waals surface area (Å²) in [5, 5.41) is 0. The Balaban J connectivity index is 2.12. The summed E-state index contributed by atoms with van der Waals surface area (Å²) < 4.78 is 19.7. The number of benzene rings is 2. The fraction of sp³-hybridized carbons (Fsp3) is 0.294. The van der Waals surface area contributed by atoms with E-state index in [1.54, 1.807) is 0 Å². The number of hydrogen-bond acceptors (Lipinski definition) is 2. The van der Waals surface area contributed by atoms with Crippen LogP contribution in [0.3, 0.4) is 0 Å². The molecule has 0 aliphatic heterocycles. The molecule has 106 valence electrons. The van der Waals surface area contributed by atoms with Crippen LogP contribution in [0.25, 0.3) is 0 Å². The van der Waals surface area contributed by atoms with Crippen molar-refractivity contribution < 1.29 is 9.13 Å². The van der Waals surface area contributed by atoms with Crippen molar-refractivity contribution >= 4 is 0 Å². The Morgan fingerprint density at radius 3 is 2.45 bits per heavy atom. The molecule has 0 amide bonds. The van der Waals surface area contributed by atoms with Gasteiger partial charge in [-0.1, -0.05) is 36.4 Å². The molecular weight excluding hydrogens is 253 g/mol. The van der Waals surface area contributed by atoms with E-state index in [2.05, 4.69) is 0 Å². The van der Waals surface area contributed by atoms with Crippen molar-refractivity contribution in [2.75, 3.05) is 0 Å². The molecule has 1 unspecified atom stereocenters. The lowest BCUT2D eigenvalue weighted by Crippen LogP contribution is -2.18. The zero-order valence-corrected chi connectivity index (χ0v) is 11.9. The Kier molecular flexibility index (Phi) is 4.74. The maximum absolute atomic E-state index is 14.1. The molecule has 20 heavy (non-hydrogen) atoms. The second kappa shape index (κ2) is 6.53. The highest BCUT2D eigenvalue weighted by Gasteiger charge is 2.10. The van der Waals surface area contributed by atoms with Crippen molar-refractivity contribution in [3.05, 3.63) is 65.0 Å². The Hall–Kier alpha value is -1.87. The molecule has 2 rings (SSSR count). The molecule has 0 fully saturated rings. The van der Waals surface area contributed by atoms with Crippen LogP contribution >= 0.6 is 0 Å². The zero-order valence-electron chi connectivity index (χ0n) is 11.9. The van der Waals surface area contributed by atoms with Gasteiger partial charge in [0.15, 0.2) is 11.6 Å². The summed E-state index contributed by atoms with van der Waals surface area (Å²) in [5.41, 5.74) is 8.47. The average molecular weight is 273 g/mol. The number of hydrogen-bond donors (Lipinski definition) is 1. The van der Waals surface area contributed by atoms with Crippen molar-refractivity contribution in [3.63, 3.8) is 0 Å². The van der Waals surface area contributed by atoms with Gasteiger partial charge in [0.1, 0.15) is 6.61 Å². The van der Waals surface area contributed by atoms with Crippen LogP contribution in [0.4, 0.5) is 4.39 Å². The summed E-state index contributed by atoms with van der Waals surface area (Å²) in [4.78, 5) is 0. The van der Waals surface area contributed by atoms with Crippen molar-refractivity contribution in [1.82, 2.24) is 0 Å². The SMILES string of the molecule is Cc1cc(CC(C)N)cc(F)c1OCc1ccccc1. The van der Waals surface area contributed by atoms with E-state index >= 15 is 0 Å². The van der Waals surface area contributed by atoms with Crippen molar-refractivity contribution in [2.24, 2.45) is 5.73 Å². The molecule has 2 aromatic rings. The van der Waals surface area contributed by atoms with Crippen LogP contribution in [0, 0.1) is 12.7 Å². The Bertz CT molecular complexity index is 543. The molecule has 2 nitrogen and oxygen atoms in total. The van der Waals surface area contributed by atoms with Crippen LogP contribution in [0.5, 0.6) is 5.75 Å². The topological polar surface area (TPSA) is 35.2 Å². The van der Waals surface area contributed by atoms with E-state index in [0.717, 1.165) is 16.7 Å². The van der Waals surface area contributed by atoms with Crippen LogP contribution in [0.15, 0.2) is 42.5 Å². The standard InChI is InChI=1S/C17H20FNO/c1-12-8-15(9-13(2)19)10-16(18)17(12)20-11-14-6-4-3-5-7-14/h3-8,10,13H,9,11,19H2,1-2H3. The summed E-state index contributed by atoms with van der Waals surface area (Å²) in [5.74, 6) is -0.00106. The van der Waals surface area contributed by atoms with Gasteiger partial charge >= 0.3 is 0 Å². The van der Waals surface area contributed by atoms with Crippen LogP contribution < -0.4 is 10.5 Å². The van der Waals surface area contributed by atoms with Crippen molar-refractivity contribution in [2.45, 2.75) is 32.9 Å². The van der Waals surface area contributed by atoms with E-state index < -0.39 is 0 Å². The van der Waals surface area contributed by atoms with Gasteiger partial charge < -0.3 is 10.5 Å². The first-order chi connectivity index (χ1) is 9.56. The van der Waals surface area contributed by atoms with E-state index in [1.165, 1.54) is 6.07 Å². The van der Waals surface area contributed by atoms with Gasteiger partial charge in [-0.05, 0) is 43.0 Å². The van der Waals surface area contributed by atoms with Crippen LogP contribution in [0.2, 0.25) is 0 Å². The maximum atomic E-state index is 14.1. The molecule has 0 saturated heterocycles. The lowest BCUT2D eigenvalue weighted by Gasteiger charge is -2.13. The van der Waals surface area contributed by atoms with Gasteiger partial charge in [0, 0.05) is 6.04 Å². The minimum absolute atomic E-state index is 0.0184. The molecule has 0 heterocycles. The summed E-state index contributed by atoms with van der Waals surface area (Å²) >= 11 is 0. The van der Waals surface area contributed by atoms with Crippen molar-refractivity contribution in [3.8, 4) is 5.75 Å². The van der Waals surface area contributed by atoms with E-state index in [-0.39, 0.29) is 11.9 Å². The second-order valence-corrected chi connectivity index (χ2v) is 5.18. The minimum atomic E-state index is -0.323. The molecule has 0 aliphatic carbocycles. The predicted octanol–water partition coefficient (Wildman–Crippen LogP) is 3.60. The second-order valence-electron chi connectivity index (χ2n) is 5.18. The maximum Gasteiger partial charge on any atom is 0.165 e. The minimum Gasteiger partial charge on any atom is -0.486 e. The van der Waals surface area contributed by atoms with Gasteiger partial charge in [0.2, 0.25) is 0 Å². The molecule has 2 N–H and O–H groups in total. The molecule has 0 radical (unpaired) electrons. The molecule has 0 aromatic heterocycles. The predicted molar refractivity (Wildman–Crippen MR) is 79.3 cm³/mol. The Morgan fingerprint density at radius 1 is 1.15 bits per heavy atom. The smallest absolute Gasteiger partial charge is 0.165 e. The van der Waals surface area contributed by atoms with Gasteiger partial charge in [-0.2, -0.15) is 0 Å². The first-order valence-electron chi connectivity index (χ1n) is 6.77. The Morgan fingerprint density at radius 2 is 1.85 bits per heavy atom. The highest BCUT2D eigenvalue weighted by molar-refractivity contribution is 5.38. The third-order valence-electron chi connectivity index (χ3n) is 3.07. The molecule has 0 bridgehead atoms. The van der Waals surface area contributed by atoms with Gasteiger partial charge in [0.25, 0.3) is 0 Å². The third kappa shape index (κ3) is 3.81. The molecule has 1 atom stereocenters. The first kappa shape index (κ1) is 14.5. The average Bonchev–Trinajstić information content (AvgIpc) is 2.38. The summed E-state index contributed by atoms with van der Waals surface area (Å²) in [6.07, 6.45) is 0.663. The molecular formula is C17H20FNO. The molecule has 0 spiro atoms. The van der Waals surface area contributed by atoms with E-state index in [4.69, 9.17) is 10.5 Å². The van der Waals surface area contributed by atoms with Crippen molar-refractivity contribution in [1.29, 1.82) is 0 Å². The number of ether oxygens (including phenoxy) is 1. The number of rotatable bonds is 5. The van der Waals surface area contributed by atoms with E-state index in [1.807, 2.05) is 50.2 Å². The summed E-state index contributed by atoms with van der Waals surface area (Å²) in [7, 11) is 0. The van der Waals surface area contributed by atoms with Gasteiger partial charge in [-0.15, -0.1) is 0 Å². The number of halogens is 1. The van der Waals surface area contributed by atoms with Crippen LogP contribution in [-0.2, 0) is 13.0 Å². The molecule has 2 aromatic carbocycles. The highest BCUT2D eigenvalue weighted by Crippen LogP contribution is 2.25. The van der Waals surface area contributed by atoms with E-state index in [9.17, 15) is 4.39 Å². The summed E-state index contributed by atoms with van der Waals surface area (Å²) in [6, 6.07) is 13.2. The van der Waals surface area contributed by atoms with Gasteiger partial charge in [-0.3, -0.25) is 0 Å². The highest BCUT2D eigenvalue weighted by atomic mass is 19.1. The molecule has 0 saturated carbocycles. The normalized spacial score (nSPS) is 12.2. The fourth-order valence-electron chi connectivity index (χ4n) is 2.20. The number of aryl methyl sites for hydroxylation is 1. The number of nitrogens with two attached hydrogens (primary N) is 1. The van der Waals surface area contributed by atoms with E-state index in [0.29, 0.717) is 18.8 Å². The zero-order chi connectivity index (χ0) is 14.5. The third-order valence-corrected chi connectivity index (χ3v) is 3.07. The van der Waals surface area contributed by atoms with Gasteiger partial charge in [0.05, 0.1) is 0 Å². The lowest BCUT2D eigenvalue weighted by molar-refractivity contribution is 0.288. The monoisotopic (exact) mass is 273 g/mol. The fourth-order valence-corrected chi connectivity index (χ4v) is 2.20. The molecule has 0 aliphatic rings. The van der Waals surface area contributed by atoms with Crippen LogP contribution in [-0.4, -0.2) is 6.04 Å². The lowest BCUT2D eigenvalue weighted by atomic mass is 10.0. The Labute approximate surface area is 119 Å². The summed E-state index contributed by atoms with van der Waals surface area (Å²) in [6.45, 7) is 4.13.